The molecule has 0 saturated carbocycles. The molecule has 0 atom stereocenters. The van der Waals surface area contributed by atoms with E-state index >= 15 is 0 Å². The zero-order valence-electron chi connectivity index (χ0n) is 45.4. The van der Waals surface area contributed by atoms with Crippen LogP contribution in [0.2, 0.25) is 0 Å². The SMILES string of the molecule is C=Cc1ccc(-c2cc(-c3ccc(C=C)cc3)cc(-c3cc[c-]c(-c4ccccn4)c3)c2)cc1.CC(C)Cc1ccc(-c2cc[c-]c(-c3ccccn3)c2)cc1.CC(C)Cc1ccc(-c2cc[c-]c(-c3ccccn3)c2)cc1.[Ir+3]. The zero-order chi connectivity index (χ0) is 54.1. The first-order chi connectivity index (χ1) is 38.2. The normalized spacial score (nSPS) is 10.6. The number of benzene rings is 8. The second-order valence-electron chi connectivity index (χ2n) is 20.2. The molecule has 0 N–H and O–H groups in total. The van der Waals surface area contributed by atoms with E-state index in [9.17, 15) is 0 Å². The fourth-order valence-corrected chi connectivity index (χ4v) is 9.31. The summed E-state index contributed by atoms with van der Waals surface area (Å²) in [5.41, 5.74) is 22.7. The van der Waals surface area contributed by atoms with Gasteiger partial charge >= 0.3 is 20.1 Å². The molecule has 3 aromatic heterocycles. The van der Waals surface area contributed by atoms with Crippen LogP contribution in [0.25, 0.3) is 102 Å². The van der Waals surface area contributed by atoms with E-state index in [-0.39, 0.29) is 20.1 Å². The van der Waals surface area contributed by atoms with Crippen molar-refractivity contribution >= 4 is 12.2 Å². The molecule has 79 heavy (non-hydrogen) atoms. The van der Waals surface area contributed by atoms with Gasteiger partial charge < -0.3 is 15.0 Å². The second kappa shape index (κ2) is 28.1. The van der Waals surface area contributed by atoms with Gasteiger partial charge in [0.1, 0.15) is 0 Å². The quantitative estimate of drug-likeness (QED) is 0.102. The maximum atomic E-state index is 4.50. The Morgan fingerprint density at radius 2 is 0.633 bits per heavy atom. The fourth-order valence-electron chi connectivity index (χ4n) is 9.31. The molecule has 11 rings (SSSR count). The fraction of sp³-hybridized carbons (Fsp3) is 0.107. The van der Waals surface area contributed by atoms with Crippen molar-refractivity contribution in [3.63, 3.8) is 0 Å². The summed E-state index contributed by atoms with van der Waals surface area (Å²) < 4.78 is 0. The van der Waals surface area contributed by atoms with Crippen molar-refractivity contribution in [2.24, 2.45) is 11.8 Å². The first-order valence-electron chi connectivity index (χ1n) is 26.8. The minimum atomic E-state index is 0. The molecule has 3 nitrogen and oxygen atoms in total. The van der Waals surface area contributed by atoms with Gasteiger partial charge in [-0.2, -0.15) is 0 Å². The van der Waals surface area contributed by atoms with Crippen LogP contribution < -0.4 is 0 Å². The van der Waals surface area contributed by atoms with Crippen molar-refractivity contribution in [1.29, 1.82) is 0 Å². The number of aromatic nitrogens is 3. The van der Waals surface area contributed by atoms with Crippen LogP contribution in [0.5, 0.6) is 0 Å². The maximum Gasteiger partial charge on any atom is 3.00 e. The minimum absolute atomic E-state index is 0. The molecule has 0 spiro atoms. The number of rotatable bonds is 14. The summed E-state index contributed by atoms with van der Waals surface area (Å²) in [6.45, 7) is 16.7. The van der Waals surface area contributed by atoms with Crippen molar-refractivity contribution in [2.75, 3.05) is 0 Å². The summed E-state index contributed by atoms with van der Waals surface area (Å²) in [6, 6.07) is 87.9. The first kappa shape index (κ1) is 56.5. The first-order valence-corrected chi connectivity index (χ1v) is 26.8. The molecule has 0 unspecified atom stereocenters. The summed E-state index contributed by atoms with van der Waals surface area (Å²) in [5.74, 6) is 1.38. The van der Waals surface area contributed by atoms with Crippen LogP contribution in [-0.4, -0.2) is 15.0 Å². The Balaban J connectivity index is 0.000000161. The van der Waals surface area contributed by atoms with Gasteiger partial charge in [-0.15, -0.1) is 106 Å². The van der Waals surface area contributed by atoms with Crippen molar-refractivity contribution in [2.45, 2.75) is 40.5 Å². The number of hydrogen-bond donors (Lipinski definition) is 0. The monoisotopic (exact) mass is 1200 g/mol. The van der Waals surface area contributed by atoms with Crippen LogP contribution in [0.1, 0.15) is 49.9 Å². The predicted octanol–water partition coefficient (Wildman–Crippen LogP) is 19.7. The minimum Gasteiger partial charge on any atom is -0.305 e. The largest absolute Gasteiger partial charge is 3.00 e. The molecular formula is C75H64IrN3. The van der Waals surface area contributed by atoms with Crippen LogP contribution in [0.4, 0.5) is 0 Å². The van der Waals surface area contributed by atoms with E-state index in [0.29, 0.717) is 11.8 Å². The molecule has 0 fully saturated rings. The van der Waals surface area contributed by atoms with E-state index in [1.54, 1.807) is 0 Å². The molecule has 8 aromatic carbocycles. The zero-order valence-corrected chi connectivity index (χ0v) is 47.8. The number of nitrogens with zero attached hydrogens (tertiary/aromatic N) is 3. The van der Waals surface area contributed by atoms with E-state index in [2.05, 4.69) is 226 Å². The van der Waals surface area contributed by atoms with Crippen molar-refractivity contribution in [1.82, 2.24) is 15.0 Å². The molecule has 0 aliphatic heterocycles. The molecular weight excluding hydrogens is 1140 g/mol. The van der Waals surface area contributed by atoms with Crippen LogP contribution in [-0.2, 0) is 32.9 Å². The Labute approximate surface area is 482 Å². The van der Waals surface area contributed by atoms with Gasteiger partial charge in [0.05, 0.1) is 0 Å². The molecule has 388 valence electrons. The van der Waals surface area contributed by atoms with Crippen LogP contribution >= 0.6 is 0 Å². The van der Waals surface area contributed by atoms with Gasteiger partial charge in [-0.3, -0.25) is 0 Å². The Hall–Kier alpha value is -8.66. The molecule has 11 aromatic rings. The van der Waals surface area contributed by atoms with Crippen molar-refractivity contribution in [3.05, 3.63) is 297 Å². The number of pyridine rings is 3. The van der Waals surface area contributed by atoms with Crippen molar-refractivity contribution < 1.29 is 20.1 Å². The standard InChI is InChI=1S/C33H24N.2C21H20N.Ir/c1-3-24-11-15-26(16-12-24)30-21-31(27-17-13-25(4-2)14-18-27)23-32(22-30)28-8-7-9-29(20-28)33-10-5-6-19-34-33;2*1-16(2)14-17-9-11-18(12-10-17)19-6-5-7-20(15-19)21-8-3-4-13-22-21;/h3-8,10-23H,1-2H2;2*3-6,8-13,15-16H,14H2,1-2H3;/q3*-1;+3. The van der Waals surface area contributed by atoms with Gasteiger partial charge in [-0.1, -0.05) is 186 Å². The molecule has 0 amide bonds. The predicted molar refractivity (Wildman–Crippen MR) is 330 cm³/mol. The third kappa shape index (κ3) is 15.7. The van der Waals surface area contributed by atoms with Crippen LogP contribution in [0, 0.1) is 30.0 Å². The molecule has 3 heterocycles. The van der Waals surface area contributed by atoms with Gasteiger partial charge in [-0.05, 0) is 139 Å². The summed E-state index contributed by atoms with van der Waals surface area (Å²) >= 11 is 0. The van der Waals surface area contributed by atoms with Crippen molar-refractivity contribution in [3.8, 4) is 89.4 Å². The van der Waals surface area contributed by atoms with Crippen LogP contribution in [0.3, 0.4) is 0 Å². The van der Waals surface area contributed by atoms with E-state index in [0.717, 1.165) is 68.9 Å². The van der Waals surface area contributed by atoms with E-state index < -0.39 is 0 Å². The molecule has 0 aliphatic rings. The van der Waals surface area contributed by atoms with E-state index in [1.165, 1.54) is 55.6 Å². The summed E-state index contributed by atoms with van der Waals surface area (Å²) in [4.78, 5) is 13.3. The summed E-state index contributed by atoms with van der Waals surface area (Å²) in [6.07, 6.45) is 11.4. The third-order valence-corrected chi connectivity index (χ3v) is 13.3. The van der Waals surface area contributed by atoms with E-state index in [1.807, 2.05) is 104 Å². The smallest absolute Gasteiger partial charge is 0.305 e. The summed E-state index contributed by atoms with van der Waals surface area (Å²) in [5, 5.41) is 0. The molecule has 0 saturated heterocycles. The molecule has 0 bridgehead atoms. The van der Waals surface area contributed by atoms with E-state index in [4.69, 9.17) is 0 Å². The summed E-state index contributed by atoms with van der Waals surface area (Å²) in [7, 11) is 0. The topological polar surface area (TPSA) is 38.7 Å². The Morgan fingerprint density at radius 1 is 0.342 bits per heavy atom. The van der Waals surface area contributed by atoms with Gasteiger partial charge in [0.25, 0.3) is 0 Å². The van der Waals surface area contributed by atoms with Gasteiger partial charge in [0.2, 0.25) is 0 Å². The van der Waals surface area contributed by atoms with Gasteiger partial charge in [0.15, 0.2) is 0 Å². The maximum absolute atomic E-state index is 4.50. The Morgan fingerprint density at radius 3 is 0.924 bits per heavy atom. The average Bonchev–Trinajstić information content (AvgIpc) is 3.52. The van der Waals surface area contributed by atoms with Gasteiger partial charge in [-0.25, -0.2) is 0 Å². The Bertz CT molecular complexity index is 3460. The van der Waals surface area contributed by atoms with Crippen LogP contribution in [0.15, 0.2) is 256 Å². The second-order valence-corrected chi connectivity index (χ2v) is 20.2. The molecule has 0 radical (unpaired) electrons. The van der Waals surface area contributed by atoms with Gasteiger partial charge in [0, 0.05) is 18.6 Å². The number of hydrogen-bond acceptors (Lipinski definition) is 3. The average molecular weight is 1200 g/mol. The molecule has 4 heteroatoms. The Kier molecular flexibility index (Phi) is 20.1. The third-order valence-electron chi connectivity index (χ3n) is 13.3. The molecule has 0 aliphatic carbocycles.